The Morgan fingerprint density at radius 3 is 2.50 bits per heavy atom. The summed E-state index contributed by atoms with van der Waals surface area (Å²) >= 11 is 0. The van der Waals surface area contributed by atoms with Crippen LogP contribution in [0.2, 0.25) is 0 Å². The Morgan fingerprint density at radius 2 is 1.73 bits per heavy atom. The molecule has 0 radical (unpaired) electrons. The van der Waals surface area contributed by atoms with Crippen LogP contribution in [0.5, 0.6) is 0 Å². The summed E-state index contributed by atoms with van der Waals surface area (Å²) in [7, 11) is 0. The number of anilines is 1. The van der Waals surface area contributed by atoms with Gasteiger partial charge in [0.05, 0.1) is 5.41 Å². The first-order valence-electron chi connectivity index (χ1n) is 9.27. The van der Waals surface area contributed by atoms with Crippen molar-refractivity contribution < 1.29 is 9.59 Å². The molecule has 26 heavy (non-hydrogen) atoms. The van der Waals surface area contributed by atoms with E-state index in [4.69, 9.17) is 0 Å². The molecule has 0 saturated carbocycles. The Labute approximate surface area is 154 Å². The Kier molecular flexibility index (Phi) is 4.23. The second kappa shape index (κ2) is 6.56. The van der Waals surface area contributed by atoms with Crippen LogP contribution >= 0.6 is 0 Å². The van der Waals surface area contributed by atoms with Crippen molar-refractivity contribution in [3.63, 3.8) is 0 Å². The molecule has 2 aromatic carbocycles. The van der Waals surface area contributed by atoms with Crippen LogP contribution in [0, 0.1) is 0 Å². The highest BCUT2D eigenvalue weighted by atomic mass is 16.2. The number of benzene rings is 2. The molecule has 1 aliphatic carbocycles. The van der Waals surface area contributed by atoms with Gasteiger partial charge in [-0.05, 0) is 49.5 Å². The highest BCUT2D eigenvalue weighted by Gasteiger charge is 2.49. The summed E-state index contributed by atoms with van der Waals surface area (Å²) < 4.78 is 0. The van der Waals surface area contributed by atoms with Crippen molar-refractivity contribution in [1.82, 2.24) is 0 Å². The van der Waals surface area contributed by atoms with Gasteiger partial charge in [-0.1, -0.05) is 54.1 Å². The number of carbonyl (C=O) groups excluding carboxylic acids is 2. The summed E-state index contributed by atoms with van der Waals surface area (Å²) in [4.78, 5) is 25.0. The maximum Gasteiger partial charge on any atom is 0.235 e. The Hall–Kier alpha value is -2.68. The zero-order chi connectivity index (χ0) is 18.1. The highest BCUT2D eigenvalue weighted by molar-refractivity contribution is 6.06. The van der Waals surface area contributed by atoms with Gasteiger partial charge in [0.15, 0.2) is 5.78 Å². The minimum absolute atomic E-state index is 0.00972. The van der Waals surface area contributed by atoms with Gasteiger partial charge in [0.25, 0.3) is 0 Å². The van der Waals surface area contributed by atoms with Gasteiger partial charge in [-0.15, -0.1) is 0 Å². The third-order valence-electron chi connectivity index (χ3n) is 5.86. The molecular formula is C23H23NO2. The number of hydrogen-bond acceptors (Lipinski definition) is 2. The van der Waals surface area contributed by atoms with Gasteiger partial charge >= 0.3 is 0 Å². The fraction of sp³-hybridized carbons (Fsp3) is 0.304. The zero-order valence-electron chi connectivity index (χ0n) is 15.0. The molecule has 1 N–H and O–H groups in total. The van der Waals surface area contributed by atoms with Gasteiger partial charge in [0, 0.05) is 18.0 Å². The summed E-state index contributed by atoms with van der Waals surface area (Å²) in [6, 6.07) is 18.2. The molecule has 0 aromatic heterocycles. The fourth-order valence-corrected chi connectivity index (χ4v) is 4.39. The van der Waals surface area contributed by atoms with Gasteiger partial charge < -0.3 is 5.32 Å². The van der Waals surface area contributed by atoms with Crippen molar-refractivity contribution >= 4 is 17.4 Å². The molecule has 2 atom stereocenters. The second-order valence-electron chi connectivity index (χ2n) is 7.49. The van der Waals surface area contributed by atoms with E-state index in [9.17, 15) is 9.59 Å². The van der Waals surface area contributed by atoms with Crippen LogP contribution in [-0.2, 0) is 15.0 Å². The summed E-state index contributed by atoms with van der Waals surface area (Å²) in [5.74, 6) is 0.235. The Bertz CT molecular complexity index is 884. The van der Waals surface area contributed by atoms with Crippen LogP contribution in [0.15, 0.2) is 66.2 Å². The van der Waals surface area contributed by atoms with E-state index < -0.39 is 5.41 Å². The lowest BCUT2D eigenvalue weighted by Crippen LogP contribution is -2.38. The topological polar surface area (TPSA) is 46.2 Å². The predicted molar refractivity (Wildman–Crippen MR) is 103 cm³/mol. The summed E-state index contributed by atoms with van der Waals surface area (Å²) in [6.07, 6.45) is 5.02. The van der Waals surface area contributed by atoms with E-state index in [0.29, 0.717) is 6.42 Å². The van der Waals surface area contributed by atoms with Crippen LogP contribution < -0.4 is 5.32 Å². The summed E-state index contributed by atoms with van der Waals surface area (Å²) in [5, 5.41) is 3.06. The molecule has 0 unspecified atom stereocenters. The van der Waals surface area contributed by atoms with Crippen LogP contribution in [-0.4, -0.2) is 11.7 Å². The molecule has 0 spiro atoms. The minimum atomic E-state index is -0.653. The summed E-state index contributed by atoms with van der Waals surface area (Å²) in [5.41, 5.74) is 3.59. The van der Waals surface area contributed by atoms with Crippen molar-refractivity contribution in [3.05, 3.63) is 77.4 Å². The van der Waals surface area contributed by atoms with Crippen molar-refractivity contribution in [2.45, 2.75) is 43.9 Å². The van der Waals surface area contributed by atoms with E-state index in [1.807, 2.05) is 55.5 Å². The zero-order valence-corrected chi connectivity index (χ0v) is 15.0. The van der Waals surface area contributed by atoms with Crippen LogP contribution in [0.25, 0.3) is 0 Å². The number of ketones is 1. The third-order valence-corrected chi connectivity index (χ3v) is 5.86. The Balaban J connectivity index is 1.81. The quantitative estimate of drug-likeness (QED) is 0.869. The molecule has 0 bridgehead atoms. The number of hydrogen-bond donors (Lipinski definition) is 1. The molecule has 3 nitrogen and oxygen atoms in total. The van der Waals surface area contributed by atoms with E-state index in [0.717, 1.165) is 41.6 Å². The normalized spacial score (nSPS) is 23.2. The minimum Gasteiger partial charge on any atom is -0.325 e. The molecular weight excluding hydrogens is 322 g/mol. The monoisotopic (exact) mass is 345 g/mol. The largest absolute Gasteiger partial charge is 0.325 e. The lowest BCUT2D eigenvalue weighted by molar-refractivity contribution is -0.121. The molecule has 4 rings (SSSR count). The number of amides is 1. The van der Waals surface area contributed by atoms with Crippen molar-refractivity contribution in [1.29, 1.82) is 0 Å². The number of fused-ring (bicyclic) bond motifs is 1. The lowest BCUT2D eigenvalue weighted by Gasteiger charge is -2.34. The van der Waals surface area contributed by atoms with E-state index in [1.165, 1.54) is 0 Å². The van der Waals surface area contributed by atoms with Gasteiger partial charge in [-0.25, -0.2) is 0 Å². The van der Waals surface area contributed by atoms with Gasteiger partial charge in [-0.3, -0.25) is 9.59 Å². The standard InChI is InChI=1S/C23H23NO2/c1-23(19-12-5-6-13-21(19)24-22(23)26)20(17-9-3-2-4-10-17)15-16-8-7-11-18(25)14-16/h2-6,9-10,12-14,20H,7-8,11,15H2,1H3,(H,24,26)/t20-,23+/m0/s1. The first kappa shape index (κ1) is 16.8. The molecule has 1 aliphatic heterocycles. The van der Waals surface area contributed by atoms with Gasteiger partial charge in [-0.2, -0.15) is 0 Å². The molecule has 2 aliphatic rings. The smallest absolute Gasteiger partial charge is 0.235 e. The van der Waals surface area contributed by atoms with Gasteiger partial charge in [0.2, 0.25) is 5.91 Å². The molecule has 3 heteroatoms. The first-order valence-corrected chi connectivity index (χ1v) is 9.27. The fourth-order valence-electron chi connectivity index (χ4n) is 4.39. The van der Waals surface area contributed by atoms with Crippen molar-refractivity contribution in [3.8, 4) is 0 Å². The van der Waals surface area contributed by atoms with Crippen LogP contribution in [0.1, 0.15) is 49.7 Å². The van der Waals surface area contributed by atoms with Crippen molar-refractivity contribution in [2.75, 3.05) is 5.32 Å². The molecule has 1 heterocycles. The lowest BCUT2D eigenvalue weighted by atomic mass is 9.66. The van der Waals surface area contributed by atoms with E-state index >= 15 is 0 Å². The average Bonchev–Trinajstić information content (AvgIpc) is 2.92. The number of allylic oxidation sites excluding steroid dienone is 2. The Morgan fingerprint density at radius 1 is 1.00 bits per heavy atom. The third kappa shape index (κ3) is 2.78. The molecule has 2 aromatic rings. The van der Waals surface area contributed by atoms with E-state index in [-0.39, 0.29) is 17.6 Å². The second-order valence-corrected chi connectivity index (χ2v) is 7.49. The number of nitrogens with one attached hydrogen (secondary N) is 1. The molecule has 0 fully saturated rings. The van der Waals surface area contributed by atoms with E-state index in [2.05, 4.69) is 17.4 Å². The molecule has 132 valence electrons. The van der Waals surface area contributed by atoms with E-state index in [1.54, 1.807) is 0 Å². The number of para-hydroxylation sites is 1. The molecule has 1 amide bonds. The SMILES string of the molecule is C[C@@]1([C@@H](CC2=CC(=O)CCC2)c2ccccc2)C(=O)Nc2ccccc21. The number of carbonyl (C=O) groups is 2. The first-order chi connectivity index (χ1) is 12.6. The average molecular weight is 345 g/mol. The molecule has 0 saturated heterocycles. The van der Waals surface area contributed by atoms with Gasteiger partial charge in [0.1, 0.15) is 0 Å². The maximum absolute atomic E-state index is 13.1. The predicted octanol–water partition coefficient (Wildman–Crippen LogP) is 4.75. The maximum atomic E-state index is 13.1. The van der Waals surface area contributed by atoms with Crippen LogP contribution in [0.3, 0.4) is 0 Å². The van der Waals surface area contributed by atoms with Crippen LogP contribution in [0.4, 0.5) is 5.69 Å². The van der Waals surface area contributed by atoms with Crippen molar-refractivity contribution in [2.24, 2.45) is 0 Å². The highest BCUT2D eigenvalue weighted by Crippen LogP contribution is 2.49. The number of rotatable bonds is 4. The summed E-state index contributed by atoms with van der Waals surface area (Å²) in [6.45, 7) is 2.04.